The molecule has 1 aromatic carbocycles. The molecule has 112 valence electrons. The molecule has 3 aliphatic rings. The van der Waals surface area contributed by atoms with Crippen molar-refractivity contribution in [3.63, 3.8) is 0 Å². The van der Waals surface area contributed by atoms with E-state index in [0.29, 0.717) is 24.7 Å². The van der Waals surface area contributed by atoms with Crippen LogP contribution in [0.5, 0.6) is 0 Å². The van der Waals surface area contributed by atoms with E-state index in [1.165, 1.54) is 6.42 Å². The molecule has 1 N–H and O–H groups in total. The first-order valence-corrected chi connectivity index (χ1v) is 7.74. The quantitative estimate of drug-likeness (QED) is 0.903. The molecule has 3 fully saturated rings. The lowest BCUT2D eigenvalue weighted by Crippen LogP contribution is -2.64. The summed E-state index contributed by atoms with van der Waals surface area (Å²) in [6.07, 6.45) is 1.09. The van der Waals surface area contributed by atoms with Crippen LogP contribution in [0.3, 0.4) is 0 Å². The van der Waals surface area contributed by atoms with Crippen LogP contribution in [0.15, 0.2) is 30.3 Å². The molecule has 0 aliphatic carbocycles. The van der Waals surface area contributed by atoms with Crippen molar-refractivity contribution in [2.45, 2.75) is 31.2 Å². The number of hydrogen-bond donors (Lipinski definition) is 1. The molecule has 4 rings (SSSR count). The van der Waals surface area contributed by atoms with Crippen molar-refractivity contribution in [2.24, 2.45) is 0 Å². The highest BCUT2D eigenvalue weighted by Gasteiger charge is 2.45. The third-order valence-electron chi connectivity index (χ3n) is 4.89. The zero-order valence-electron chi connectivity index (χ0n) is 12.1. The second-order valence-electron chi connectivity index (χ2n) is 6.29. The monoisotopic (exact) mass is 287 g/mol. The van der Waals surface area contributed by atoms with E-state index in [9.17, 15) is 4.79 Å². The maximum Gasteiger partial charge on any atom is 0.410 e. The number of likely N-dealkylation sites (tertiary alicyclic amines) is 2. The summed E-state index contributed by atoms with van der Waals surface area (Å²) < 4.78 is 5.36. The molecule has 21 heavy (non-hydrogen) atoms. The minimum Gasteiger partial charge on any atom is -0.445 e. The molecule has 0 saturated carbocycles. The van der Waals surface area contributed by atoms with Crippen molar-refractivity contribution in [3.8, 4) is 0 Å². The first-order chi connectivity index (χ1) is 10.3. The lowest BCUT2D eigenvalue weighted by molar-refractivity contribution is 0.00990. The number of fused-ring (bicyclic) bond motifs is 2. The number of carbonyl (C=O) groups excluding carboxylic acids is 1. The first kappa shape index (κ1) is 13.1. The van der Waals surface area contributed by atoms with Gasteiger partial charge in [0.15, 0.2) is 0 Å². The van der Waals surface area contributed by atoms with Crippen LogP contribution in [0.2, 0.25) is 0 Å². The van der Waals surface area contributed by atoms with E-state index in [2.05, 4.69) is 10.2 Å². The Labute approximate surface area is 124 Å². The standard InChI is InChI=1S/C16H21N3O2/c20-16(21-11-12-4-2-1-3-5-12)18-9-15(10-18)19-8-13-6-14(19)7-17-13/h1-5,13-15,17H,6-11H2/t13-,14-/m1/s1. The maximum atomic E-state index is 12.0. The number of nitrogens with one attached hydrogen (secondary N) is 1. The van der Waals surface area contributed by atoms with Crippen molar-refractivity contribution >= 4 is 6.09 Å². The minimum absolute atomic E-state index is 0.183. The molecule has 3 saturated heterocycles. The molecule has 5 heteroatoms. The van der Waals surface area contributed by atoms with Gasteiger partial charge in [-0.15, -0.1) is 0 Å². The van der Waals surface area contributed by atoms with Crippen LogP contribution in [0.4, 0.5) is 4.79 Å². The SMILES string of the molecule is O=C(OCc1ccccc1)N1CC(N2C[C@H]3C[C@@H]2CN3)C1. The number of amides is 1. The van der Waals surface area contributed by atoms with Crippen LogP contribution in [-0.4, -0.2) is 60.2 Å². The summed E-state index contributed by atoms with van der Waals surface area (Å²) in [5, 5.41) is 3.51. The molecule has 0 radical (unpaired) electrons. The summed E-state index contributed by atoms with van der Waals surface area (Å²) in [4.78, 5) is 16.4. The zero-order chi connectivity index (χ0) is 14.2. The number of hydrogen-bond acceptors (Lipinski definition) is 4. The average Bonchev–Trinajstić information content (AvgIpc) is 3.07. The number of ether oxygens (including phenoxy) is 1. The molecule has 0 unspecified atom stereocenters. The molecule has 1 amide bonds. The van der Waals surface area contributed by atoms with Crippen molar-refractivity contribution in [2.75, 3.05) is 26.2 Å². The number of nitrogens with zero attached hydrogens (tertiary/aromatic N) is 2. The van der Waals surface area contributed by atoms with Crippen molar-refractivity contribution in [1.82, 2.24) is 15.1 Å². The van der Waals surface area contributed by atoms with Gasteiger partial charge in [0.05, 0.1) is 0 Å². The predicted octanol–water partition coefficient (Wildman–Crippen LogP) is 1.05. The molecule has 2 bridgehead atoms. The van der Waals surface area contributed by atoms with Gasteiger partial charge in [0, 0.05) is 44.3 Å². The van der Waals surface area contributed by atoms with Gasteiger partial charge >= 0.3 is 6.09 Å². The van der Waals surface area contributed by atoms with Gasteiger partial charge in [0.1, 0.15) is 6.61 Å². The van der Waals surface area contributed by atoms with Crippen LogP contribution < -0.4 is 5.32 Å². The van der Waals surface area contributed by atoms with Gasteiger partial charge in [-0.05, 0) is 12.0 Å². The average molecular weight is 287 g/mol. The Hall–Kier alpha value is -1.59. The van der Waals surface area contributed by atoms with Crippen molar-refractivity contribution in [3.05, 3.63) is 35.9 Å². The summed E-state index contributed by atoms with van der Waals surface area (Å²) in [5.41, 5.74) is 1.03. The van der Waals surface area contributed by atoms with Gasteiger partial charge in [0.25, 0.3) is 0 Å². The normalized spacial score (nSPS) is 28.7. The number of carbonyl (C=O) groups is 1. The van der Waals surface area contributed by atoms with Crippen LogP contribution in [0.25, 0.3) is 0 Å². The molecule has 3 aliphatic heterocycles. The highest BCUT2D eigenvalue weighted by molar-refractivity contribution is 5.68. The minimum atomic E-state index is -0.183. The van der Waals surface area contributed by atoms with E-state index in [1.54, 1.807) is 0 Å². The third-order valence-corrected chi connectivity index (χ3v) is 4.89. The van der Waals surface area contributed by atoms with Gasteiger partial charge in [-0.2, -0.15) is 0 Å². The summed E-state index contributed by atoms with van der Waals surface area (Å²) in [6, 6.07) is 11.7. The molecule has 3 heterocycles. The Morgan fingerprint density at radius 2 is 2.00 bits per heavy atom. The van der Waals surface area contributed by atoms with E-state index in [1.807, 2.05) is 35.2 Å². The van der Waals surface area contributed by atoms with Gasteiger partial charge < -0.3 is 15.0 Å². The van der Waals surface area contributed by atoms with E-state index in [4.69, 9.17) is 4.74 Å². The van der Waals surface area contributed by atoms with Crippen molar-refractivity contribution < 1.29 is 9.53 Å². The molecule has 1 aromatic rings. The Morgan fingerprint density at radius 1 is 1.19 bits per heavy atom. The number of piperazine rings is 1. The van der Waals surface area contributed by atoms with Gasteiger partial charge in [-0.3, -0.25) is 4.90 Å². The van der Waals surface area contributed by atoms with Gasteiger partial charge in [-0.25, -0.2) is 4.79 Å². The van der Waals surface area contributed by atoms with Crippen LogP contribution in [-0.2, 0) is 11.3 Å². The first-order valence-electron chi connectivity index (χ1n) is 7.74. The largest absolute Gasteiger partial charge is 0.445 e. The lowest BCUT2D eigenvalue weighted by Gasteiger charge is -2.46. The molecular formula is C16H21N3O2. The van der Waals surface area contributed by atoms with Gasteiger partial charge in [0.2, 0.25) is 0 Å². The van der Waals surface area contributed by atoms with E-state index < -0.39 is 0 Å². The fourth-order valence-electron chi connectivity index (χ4n) is 3.67. The molecule has 2 atom stereocenters. The topological polar surface area (TPSA) is 44.8 Å². The Balaban J connectivity index is 1.23. The van der Waals surface area contributed by atoms with E-state index >= 15 is 0 Å². The van der Waals surface area contributed by atoms with Crippen LogP contribution in [0.1, 0.15) is 12.0 Å². The number of benzene rings is 1. The summed E-state index contributed by atoms with van der Waals surface area (Å²) >= 11 is 0. The fourth-order valence-corrected chi connectivity index (χ4v) is 3.67. The van der Waals surface area contributed by atoms with E-state index in [0.717, 1.165) is 31.7 Å². The van der Waals surface area contributed by atoms with Crippen LogP contribution >= 0.6 is 0 Å². The van der Waals surface area contributed by atoms with E-state index in [-0.39, 0.29) is 6.09 Å². The Bertz CT molecular complexity index is 516. The molecular weight excluding hydrogens is 266 g/mol. The summed E-state index contributed by atoms with van der Waals surface area (Å²) in [6.45, 7) is 4.24. The summed E-state index contributed by atoms with van der Waals surface area (Å²) in [7, 11) is 0. The second-order valence-corrected chi connectivity index (χ2v) is 6.29. The summed E-state index contributed by atoms with van der Waals surface area (Å²) in [5.74, 6) is 0. The smallest absolute Gasteiger partial charge is 0.410 e. The van der Waals surface area contributed by atoms with Crippen molar-refractivity contribution in [1.29, 1.82) is 0 Å². The predicted molar refractivity (Wildman–Crippen MR) is 78.9 cm³/mol. The highest BCUT2D eigenvalue weighted by atomic mass is 16.6. The van der Waals surface area contributed by atoms with Gasteiger partial charge in [-0.1, -0.05) is 30.3 Å². The van der Waals surface area contributed by atoms with Crippen LogP contribution in [0, 0.1) is 0 Å². The lowest BCUT2D eigenvalue weighted by atomic mass is 10.1. The second kappa shape index (κ2) is 5.31. The number of rotatable bonds is 3. The molecule has 0 spiro atoms. The Morgan fingerprint density at radius 3 is 2.67 bits per heavy atom. The maximum absolute atomic E-state index is 12.0. The fraction of sp³-hybridized carbons (Fsp3) is 0.562. The Kier molecular flexibility index (Phi) is 3.31. The molecule has 5 nitrogen and oxygen atoms in total. The third kappa shape index (κ3) is 2.51. The zero-order valence-corrected chi connectivity index (χ0v) is 12.1. The molecule has 0 aromatic heterocycles. The highest BCUT2D eigenvalue weighted by Crippen LogP contribution is 2.29.